The number of benzene rings is 2. The third-order valence-corrected chi connectivity index (χ3v) is 5.82. The fraction of sp³-hybridized carbons (Fsp3) is 0.440. The van der Waals surface area contributed by atoms with Gasteiger partial charge in [-0.15, -0.1) is 0 Å². The number of nitrogens with one attached hydrogen (secondary N) is 1. The molecule has 7 heteroatoms. The van der Waals surface area contributed by atoms with Gasteiger partial charge in [-0.2, -0.15) is 0 Å². The van der Waals surface area contributed by atoms with Gasteiger partial charge >= 0.3 is 0 Å². The third kappa shape index (κ3) is 6.89. The Labute approximate surface area is 195 Å². The van der Waals surface area contributed by atoms with Crippen molar-refractivity contribution in [2.45, 2.75) is 53.1 Å². The summed E-state index contributed by atoms with van der Waals surface area (Å²) < 4.78 is 11.0. The summed E-state index contributed by atoms with van der Waals surface area (Å²) in [6.45, 7) is 8.37. The highest BCUT2D eigenvalue weighted by Gasteiger charge is 2.28. The Balaban J connectivity index is 2.22. The lowest BCUT2D eigenvalue weighted by Gasteiger charge is -2.30. The van der Waals surface area contributed by atoms with E-state index in [-0.39, 0.29) is 18.4 Å². The molecule has 2 aromatic carbocycles. The summed E-state index contributed by atoms with van der Waals surface area (Å²) >= 11 is 6.23. The monoisotopic (exact) mass is 460 g/mol. The molecule has 0 radical (unpaired) electrons. The summed E-state index contributed by atoms with van der Waals surface area (Å²) in [6.07, 6.45) is 1.32. The zero-order valence-electron chi connectivity index (χ0n) is 19.5. The lowest BCUT2D eigenvalue weighted by atomic mass is 10.1. The summed E-state index contributed by atoms with van der Waals surface area (Å²) in [5.41, 5.74) is 2.67. The summed E-state index contributed by atoms with van der Waals surface area (Å²) in [5.74, 6) is 0.890. The Bertz CT molecular complexity index is 892. The van der Waals surface area contributed by atoms with Gasteiger partial charge in [0.1, 0.15) is 17.5 Å². The molecule has 1 atom stereocenters. The second-order valence-electron chi connectivity index (χ2n) is 7.74. The highest BCUT2D eigenvalue weighted by atomic mass is 35.5. The number of nitrogens with zero attached hydrogens (tertiary/aromatic N) is 1. The van der Waals surface area contributed by atoms with Crippen LogP contribution in [0.2, 0.25) is 5.02 Å². The van der Waals surface area contributed by atoms with Crippen molar-refractivity contribution < 1.29 is 19.1 Å². The van der Waals surface area contributed by atoms with E-state index >= 15 is 0 Å². The number of aryl methyl sites for hydroxylation is 2. The molecule has 0 saturated heterocycles. The molecule has 0 aromatic heterocycles. The lowest BCUT2D eigenvalue weighted by molar-refractivity contribution is -0.143. The number of ether oxygens (including phenoxy) is 2. The van der Waals surface area contributed by atoms with Gasteiger partial charge in [0.25, 0.3) is 5.91 Å². The van der Waals surface area contributed by atoms with Crippen molar-refractivity contribution in [3.8, 4) is 11.5 Å². The number of rotatable bonds is 11. The van der Waals surface area contributed by atoms with Crippen molar-refractivity contribution >= 4 is 23.4 Å². The van der Waals surface area contributed by atoms with Crippen LogP contribution in [0.1, 0.15) is 43.4 Å². The van der Waals surface area contributed by atoms with Crippen molar-refractivity contribution in [2.75, 3.05) is 20.3 Å². The predicted molar refractivity (Wildman–Crippen MR) is 127 cm³/mol. The van der Waals surface area contributed by atoms with Gasteiger partial charge in [0.15, 0.2) is 6.61 Å². The summed E-state index contributed by atoms with van der Waals surface area (Å²) in [6, 6.07) is 10.5. The zero-order chi connectivity index (χ0) is 23.7. The van der Waals surface area contributed by atoms with E-state index in [0.29, 0.717) is 30.3 Å². The van der Waals surface area contributed by atoms with Crippen LogP contribution in [0.5, 0.6) is 11.5 Å². The van der Waals surface area contributed by atoms with Crippen molar-refractivity contribution in [2.24, 2.45) is 0 Å². The van der Waals surface area contributed by atoms with Crippen LogP contribution in [0.3, 0.4) is 0 Å². The number of hydrogen-bond donors (Lipinski definition) is 1. The van der Waals surface area contributed by atoms with Crippen LogP contribution in [0.15, 0.2) is 36.4 Å². The molecule has 32 heavy (non-hydrogen) atoms. The maximum Gasteiger partial charge on any atom is 0.261 e. The number of carbonyl (C=O) groups excluding carboxylic acids is 2. The van der Waals surface area contributed by atoms with Crippen LogP contribution in [0, 0.1) is 13.8 Å². The quantitative estimate of drug-likeness (QED) is 0.528. The molecule has 2 aromatic rings. The molecule has 0 fully saturated rings. The first-order chi connectivity index (χ1) is 15.3. The topological polar surface area (TPSA) is 67.9 Å². The van der Waals surface area contributed by atoms with Crippen LogP contribution in [0.25, 0.3) is 0 Å². The van der Waals surface area contributed by atoms with Crippen molar-refractivity contribution in [3.05, 3.63) is 58.1 Å². The third-order valence-electron chi connectivity index (χ3n) is 5.22. The minimum absolute atomic E-state index is 0.158. The van der Waals surface area contributed by atoms with E-state index in [4.69, 9.17) is 21.1 Å². The average Bonchev–Trinajstić information content (AvgIpc) is 2.79. The van der Waals surface area contributed by atoms with E-state index in [9.17, 15) is 9.59 Å². The molecule has 1 unspecified atom stereocenters. The standard InChI is InChI=1S/C25H33ClN2O4/c1-6-12-27-25(30)22(7-2)28(15-19-8-10-20(31-5)11-9-19)23(29)16-32-21-13-17(3)24(26)18(4)14-21/h8-11,13-14,22H,6-7,12,15-16H2,1-5H3,(H,27,30). The molecule has 174 valence electrons. The lowest BCUT2D eigenvalue weighted by Crippen LogP contribution is -2.50. The first-order valence-corrected chi connectivity index (χ1v) is 11.3. The minimum Gasteiger partial charge on any atom is -0.497 e. The molecule has 0 saturated carbocycles. The number of methoxy groups -OCH3 is 1. The Kier molecular flexibility index (Phi) is 9.85. The maximum absolute atomic E-state index is 13.2. The van der Waals surface area contributed by atoms with Crippen molar-refractivity contribution in [1.29, 1.82) is 0 Å². The number of carbonyl (C=O) groups is 2. The molecule has 2 rings (SSSR count). The Morgan fingerprint density at radius 1 is 1.06 bits per heavy atom. The minimum atomic E-state index is -0.589. The van der Waals surface area contributed by atoms with Gasteiger partial charge in [-0.1, -0.05) is 37.6 Å². The molecule has 0 heterocycles. The first-order valence-electron chi connectivity index (χ1n) is 10.9. The second kappa shape index (κ2) is 12.3. The smallest absolute Gasteiger partial charge is 0.261 e. The highest BCUT2D eigenvalue weighted by molar-refractivity contribution is 6.32. The SMILES string of the molecule is CCCNC(=O)C(CC)N(Cc1ccc(OC)cc1)C(=O)COc1cc(C)c(Cl)c(C)c1. The average molecular weight is 461 g/mol. The van der Waals surface area contributed by atoms with Crippen LogP contribution in [0.4, 0.5) is 0 Å². The predicted octanol–water partition coefficient (Wildman–Crippen LogP) is 4.68. The molecule has 1 N–H and O–H groups in total. The molecule has 0 aliphatic heterocycles. The fourth-order valence-corrected chi connectivity index (χ4v) is 3.54. The van der Waals surface area contributed by atoms with Gasteiger partial charge < -0.3 is 19.7 Å². The summed E-state index contributed by atoms with van der Waals surface area (Å²) in [4.78, 5) is 27.6. The van der Waals surface area contributed by atoms with Crippen LogP contribution >= 0.6 is 11.6 Å². The number of amides is 2. The van der Waals surface area contributed by atoms with Gasteiger partial charge in [-0.05, 0) is 67.6 Å². The maximum atomic E-state index is 13.2. The van der Waals surface area contributed by atoms with E-state index in [0.717, 1.165) is 28.9 Å². The van der Waals surface area contributed by atoms with Crippen LogP contribution < -0.4 is 14.8 Å². The molecule has 0 aliphatic carbocycles. The van der Waals surface area contributed by atoms with Gasteiger partial charge in [0, 0.05) is 18.1 Å². The zero-order valence-corrected chi connectivity index (χ0v) is 20.3. The Hall–Kier alpha value is -2.73. The Morgan fingerprint density at radius 3 is 2.22 bits per heavy atom. The molecular formula is C25H33ClN2O4. The van der Waals surface area contributed by atoms with Crippen LogP contribution in [-0.4, -0.2) is 43.0 Å². The first kappa shape index (κ1) is 25.5. The van der Waals surface area contributed by atoms with E-state index in [1.54, 1.807) is 12.0 Å². The van der Waals surface area contributed by atoms with E-state index in [1.807, 2.05) is 64.1 Å². The largest absolute Gasteiger partial charge is 0.497 e. The summed E-state index contributed by atoms with van der Waals surface area (Å²) in [7, 11) is 1.60. The van der Waals surface area contributed by atoms with E-state index in [1.165, 1.54) is 0 Å². The van der Waals surface area contributed by atoms with Crippen LogP contribution in [-0.2, 0) is 16.1 Å². The van der Waals surface area contributed by atoms with Gasteiger partial charge in [0.05, 0.1) is 7.11 Å². The second-order valence-corrected chi connectivity index (χ2v) is 8.12. The molecule has 0 aliphatic rings. The molecular weight excluding hydrogens is 428 g/mol. The van der Waals surface area contributed by atoms with Gasteiger partial charge in [-0.3, -0.25) is 9.59 Å². The van der Waals surface area contributed by atoms with Gasteiger partial charge in [-0.25, -0.2) is 0 Å². The number of halogens is 1. The normalized spacial score (nSPS) is 11.6. The molecule has 0 spiro atoms. The van der Waals surface area contributed by atoms with E-state index < -0.39 is 6.04 Å². The van der Waals surface area contributed by atoms with Crippen molar-refractivity contribution in [1.82, 2.24) is 10.2 Å². The summed E-state index contributed by atoms with van der Waals surface area (Å²) in [5, 5.41) is 3.59. The molecule has 0 bridgehead atoms. The molecule has 6 nitrogen and oxygen atoms in total. The fourth-order valence-electron chi connectivity index (χ4n) is 3.43. The van der Waals surface area contributed by atoms with Gasteiger partial charge in [0.2, 0.25) is 5.91 Å². The number of hydrogen-bond acceptors (Lipinski definition) is 4. The highest BCUT2D eigenvalue weighted by Crippen LogP contribution is 2.26. The molecule has 2 amide bonds. The van der Waals surface area contributed by atoms with Crippen molar-refractivity contribution in [3.63, 3.8) is 0 Å². The van der Waals surface area contributed by atoms with E-state index in [2.05, 4.69) is 5.32 Å². The Morgan fingerprint density at radius 2 is 1.69 bits per heavy atom.